The van der Waals surface area contributed by atoms with Crippen LogP contribution in [0.25, 0.3) is 0 Å². The summed E-state index contributed by atoms with van der Waals surface area (Å²) in [5.74, 6) is 0.276. The third-order valence-electron chi connectivity index (χ3n) is 3.05. The van der Waals surface area contributed by atoms with Gasteiger partial charge in [-0.15, -0.1) is 0 Å². The molecule has 6 N–H and O–H groups in total. The molecule has 1 atom stereocenters. The normalized spacial score (nSPS) is 12.3. The summed E-state index contributed by atoms with van der Waals surface area (Å²) < 4.78 is 0. The number of hydrogen-bond donors (Lipinski definition) is 3. The summed E-state index contributed by atoms with van der Waals surface area (Å²) in [4.78, 5) is 0. The lowest BCUT2D eigenvalue weighted by atomic mass is 9.92. The fourth-order valence-corrected chi connectivity index (χ4v) is 1.84. The lowest BCUT2D eigenvalue weighted by Crippen LogP contribution is -2.00. The predicted octanol–water partition coefficient (Wildman–Crippen LogP) is 2.58. The molecule has 3 heteroatoms. The Morgan fingerprint density at radius 1 is 0.765 bits per heavy atom. The number of nitrogens with two attached hydrogens (primary N) is 3. The van der Waals surface area contributed by atoms with Gasteiger partial charge in [-0.05, 0) is 35.4 Å². The fraction of sp³-hybridized carbons (Fsp3) is 0.143. The van der Waals surface area contributed by atoms with Gasteiger partial charge < -0.3 is 17.2 Å². The fourth-order valence-electron chi connectivity index (χ4n) is 1.84. The minimum atomic E-state index is 0.276. The number of anilines is 3. The van der Waals surface area contributed by atoms with Crippen LogP contribution in [0.4, 0.5) is 17.1 Å². The second-order valence-corrected chi connectivity index (χ2v) is 4.28. The van der Waals surface area contributed by atoms with Crippen molar-refractivity contribution in [3.63, 3.8) is 0 Å². The monoisotopic (exact) mass is 227 g/mol. The third kappa shape index (κ3) is 2.33. The van der Waals surface area contributed by atoms with Gasteiger partial charge in [-0.1, -0.05) is 25.1 Å². The van der Waals surface area contributed by atoms with E-state index in [1.54, 1.807) is 0 Å². The Morgan fingerprint density at radius 2 is 1.35 bits per heavy atom. The van der Waals surface area contributed by atoms with Crippen molar-refractivity contribution in [3.8, 4) is 0 Å². The average Bonchev–Trinajstić information content (AvgIpc) is 2.33. The van der Waals surface area contributed by atoms with Gasteiger partial charge in [-0.3, -0.25) is 0 Å². The lowest BCUT2D eigenvalue weighted by Gasteiger charge is -2.14. The van der Waals surface area contributed by atoms with Crippen molar-refractivity contribution in [2.75, 3.05) is 17.2 Å². The topological polar surface area (TPSA) is 78.1 Å². The van der Waals surface area contributed by atoms with E-state index in [4.69, 9.17) is 17.2 Å². The quantitative estimate of drug-likeness (QED) is 0.690. The molecule has 17 heavy (non-hydrogen) atoms. The van der Waals surface area contributed by atoms with Crippen molar-refractivity contribution < 1.29 is 0 Å². The SMILES string of the molecule is CC(c1ccc(N)cc1)c1ccc(N)c(N)c1. The summed E-state index contributed by atoms with van der Waals surface area (Å²) in [5.41, 5.74) is 21.6. The van der Waals surface area contributed by atoms with Crippen LogP contribution in [-0.4, -0.2) is 0 Å². The summed E-state index contributed by atoms with van der Waals surface area (Å²) in [6.07, 6.45) is 0. The Morgan fingerprint density at radius 3 is 1.94 bits per heavy atom. The molecule has 2 rings (SSSR count). The third-order valence-corrected chi connectivity index (χ3v) is 3.05. The summed E-state index contributed by atoms with van der Waals surface area (Å²) in [5, 5.41) is 0. The first-order valence-electron chi connectivity index (χ1n) is 5.58. The zero-order valence-corrected chi connectivity index (χ0v) is 9.85. The summed E-state index contributed by atoms with van der Waals surface area (Å²) >= 11 is 0. The van der Waals surface area contributed by atoms with E-state index < -0.39 is 0 Å². The minimum absolute atomic E-state index is 0.276. The van der Waals surface area contributed by atoms with E-state index >= 15 is 0 Å². The van der Waals surface area contributed by atoms with Gasteiger partial charge in [0.1, 0.15) is 0 Å². The highest BCUT2D eigenvalue weighted by molar-refractivity contribution is 5.64. The van der Waals surface area contributed by atoms with E-state index in [0.29, 0.717) is 11.4 Å². The molecule has 0 fully saturated rings. The molecule has 1 unspecified atom stereocenters. The van der Waals surface area contributed by atoms with Crippen LogP contribution >= 0.6 is 0 Å². The number of rotatable bonds is 2. The average molecular weight is 227 g/mol. The van der Waals surface area contributed by atoms with Gasteiger partial charge in [0.2, 0.25) is 0 Å². The molecule has 2 aromatic rings. The van der Waals surface area contributed by atoms with Gasteiger partial charge in [0.05, 0.1) is 11.4 Å². The van der Waals surface area contributed by atoms with Crippen LogP contribution in [0.5, 0.6) is 0 Å². The van der Waals surface area contributed by atoms with Crippen LogP contribution in [-0.2, 0) is 0 Å². The predicted molar refractivity (Wildman–Crippen MR) is 73.6 cm³/mol. The van der Waals surface area contributed by atoms with Crippen LogP contribution in [0.2, 0.25) is 0 Å². The molecule has 0 aliphatic heterocycles. The second kappa shape index (κ2) is 4.37. The van der Waals surface area contributed by atoms with E-state index in [-0.39, 0.29) is 5.92 Å². The molecule has 88 valence electrons. The van der Waals surface area contributed by atoms with Crippen LogP contribution < -0.4 is 17.2 Å². The molecule has 0 aliphatic carbocycles. The molecule has 0 saturated heterocycles. The molecule has 0 aliphatic rings. The van der Waals surface area contributed by atoms with Crippen molar-refractivity contribution in [1.82, 2.24) is 0 Å². The van der Waals surface area contributed by atoms with E-state index in [2.05, 4.69) is 6.92 Å². The van der Waals surface area contributed by atoms with E-state index in [1.807, 2.05) is 42.5 Å². The van der Waals surface area contributed by atoms with Crippen molar-refractivity contribution in [2.45, 2.75) is 12.8 Å². The van der Waals surface area contributed by atoms with Gasteiger partial charge in [0.15, 0.2) is 0 Å². The Balaban J connectivity index is 2.33. The molecule has 0 saturated carbocycles. The molecule has 0 bridgehead atoms. The molecule has 0 spiro atoms. The highest BCUT2D eigenvalue weighted by Crippen LogP contribution is 2.28. The Bertz CT molecular complexity index is 517. The Labute approximate surface area is 101 Å². The van der Waals surface area contributed by atoms with Crippen molar-refractivity contribution in [2.24, 2.45) is 0 Å². The molecule has 0 aromatic heterocycles. The zero-order chi connectivity index (χ0) is 12.4. The highest BCUT2D eigenvalue weighted by atomic mass is 14.7. The van der Waals surface area contributed by atoms with Gasteiger partial charge >= 0.3 is 0 Å². The molecular formula is C14H17N3. The first-order chi connectivity index (χ1) is 8.08. The first-order valence-corrected chi connectivity index (χ1v) is 5.58. The molecule has 0 heterocycles. The summed E-state index contributed by atoms with van der Waals surface area (Å²) in [6.45, 7) is 2.14. The highest BCUT2D eigenvalue weighted by Gasteiger charge is 2.09. The van der Waals surface area contributed by atoms with Gasteiger partial charge in [0.25, 0.3) is 0 Å². The van der Waals surface area contributed by atoms with Crippen molar-refractivity contribution in [1.29, 1.82) is 0 Å². The Kier molecular flexibility index (Phi) is 2.91. The van der Waals surface area contributed by atoms with Crippen molar-refractivity contribution >= 4 is 17.1 Å². The minimum Gasteiger partial charge on any atom is -0.399 e. The largest absolute Gasteiger partial charge is 0.399 e. The van der Waals surface area contributed by atoms with Gasteiger partial charge in [-0.25, -0.2) is 0 Å². The van der Waals surface area contributed by atoms with E-state index in [1.165, 1.54) is 5.56 Å². The number of nitrogen functional groups attached to an aromatic ring is 3. The van der Waals surface area contributed by atoms with E-state index in [9.17, 15) is 0 Å². The molecule has 2 aromatic carbocycles. The van der Waals surface area contributed by atoms with Crippen LogP contribution in [0.15, 0.2) is 42.5 Å². The van der Waals surface area contributed by atoms with Crippen LogP contribution in [0.3, 0.4) is 0 Å². The smallest absolute Gasteiger partial charge is 0.0550 e. The van der Waals surface area contributed by atoms with Gasteiger partial charge in [-0.2, -0.15) is 0 Å². The zero-order valence-electron chi connectivity index (χ0n) is 9.85. The maximum atomic E-state index is 5.82. The number of hydrogen-bond acceptors (Lipinski definition) is 3. The maximum absolute atomic E-state index is 5.82. The van der Waals surface area contributed by atoms with Crippen LogP contribution in [0, 0.1) is 0 Å². The lowest BCUT2D eigenvalue weighted by molar-refractivity contribution is 0.924. The molecular weight excluding hydrogens is 210 g/mol. The van der Waals surface area contributed by atoms with Gasteiger partial charge in [0, 0.05) is 11.6 Å². The van der Waals surface area contributed by atoms with Crippen LogP contribution in [0.1, 0.15) is 24.0 Å². The molecule has 3 nitrogen and oxygen atoms in total. The number of benzene rings is 2. The maximum Gasteiger partial charge on any atom is 0.0550 e. The Hall–Kier alpha value is -2.16. The molecule has 0 radical (unpaired) electrons. The standard InChI is InChI=1S/C14H17N3/c1-9(10-2-5-12(15)6-3-10)11-4-7-13(16)14(17)8-11/h2-9H,15-17H2,1H3. The molecule has 0 amide bonds. The second-order valence-electron chi connectivity index (χ2n) is 4.28. The van der Waals surface area contributed by atoms with E-state index in [0.717, 1.165) is 11.3 Å². The summed E-state index contributed by atoms with van der Waals surface area (Å²) in [6, 6.07) is 13.7. The first kappa shape index (κ1) is 11.3. The summed E-state index contributed by atoms with van der Waals surface area (Å²) in [7, 11) is 0. The van der Waals surface area contributed by atoms with Crippen molar-refractivity contribution in [3.05, 3.63) is 53.6 Å².